The molecular formula is C20H28N2O2. The topological polar surface area (TPSA) is 40.6 Å². The number of hydrogen-bond acceptors (Lipinski definition) is 2. The maximum absolute atomic E-state index is 12.1. The van der Waals surface area contributed by atoms with E-state index in [2.05, 4.69) is 32.6 Å². The lowest BCUT2D eigenvalue weighted by Gasteiger charge is -2.19. The SMILES string of the molecule is CN(C)C(=O)CCC#CC(=O)N(C)c1ccc(CC(C)(C)C)cc1. The van der Waals surface area contributed by atoms with Crippen molar-refractivity contribution in [3.8, 4) is 11.8 Å². The van der Waals surface area contributed by atoms with E-state index in [1.165, 1.54) is 15.4 Å². The zero-order valence-corrected chi connectivity index (χ0v) is 15.6. The Morgan fingerprint density at radius 3 is 2.12 bits per heavy atom. The molecule has 1 rings (SSSR count). The molecule has 0 saturated heterocycles. The van der Waals surface area contributed by atoms with E-state index in [-0.39, 0.29) is 17.2 Å². The van der Waals surface area contributed by atoms with Gasteiger partial charge in [0.05, 0.1) is 0 Å². The van der Waals surface area contributed by atoms with Crippen LogP contribution in [-0.2, 0) is 16.0 Å². The van der Waals surface area contributed by atoms with Gasteiger partial charge in [0.25, 0.3) is 0 Å². The van der Waals surface area contributed by atoms with Crippen molar-refractivity contribution in [2.75, 3.05) is 26.0 Å². The smallest absolute Gasteiger partial charge is 0.302 e. The number of nitrogens with zero attached hydrogens (tertiary/aromatic N) is 2. The first-order valence-corrected chi connectivity index (χ1v) is 8.16. The predicted molar refractivity (Wildman–Crippen MR) is 98.7 cm³/mol. The summed E-state index contributed by atoms with van der Waals surface area (Å²) in [7, 11) is 5.12. The van der Waals surface area contributed by atoms with Crippen molar-refractivity contribution in [2.45, 2.75) is 40.0 Å². The van der Waals surface area contributed by atoms with E-state index in [0.717, 1.165) is 12.1 Å². The minimum atomic E-state index is -0.268. The molecule has 0 saturated carbocycles. The van der Waals surface area contributed by atoms with Crippen LogP contribution in [0.25, 0.3) is 0 Å². The van der Waals surface area contributed by atoms with E-state index >= 15 is 0 Å². The maximum atomic E-state index is 12.1. The molecule has 0 N–H and O–H groups in total. The van der Waals surface area contributed by atoms with Gasteiger partial charge in [-0.25, -0.2) is 0 Å². The molecule has 1 aromatic carbocycles. The number of benzene rings is 1. The van der Waals surface area contributed by atoms with E-state index in [4.69, 9.17) is 0 Å². The zero-order chi connectivity index (χ0) is 18.3. The Balaban J connectivity index is 2.62. The van der Waals surface area contributed by atoms with Gasteiger partial charge in [-0.05, 0) is 35.5 Å². The van der Waals surface area contributed by atoms with Gasteiger partial charge in [-0.1, -0.05) is 38.8 Å². The zero-order valence-electron chi connectivity index (χ0n) is 15.6. The second-order valence-corrected chi connectivity index (χ2v) is 7.36. The van der Waals surface area contributed by atoms with Gasteiger partial charge in [-0.2, -0.15) is 0 Å². The Morgan fingerprint density at radius 2 is 1.62 bits per heavy atom. The minimum Gasteiger partial charge on any atom is -0.349 e. The van der Waals surface area contributed by atoms with Crippen LogP contribution in [0.3, 0.4) is 0 Å². The van der Waals surface area contributed by atoms with Gasteiger partial charge >= 0.3 is 5.91 Å². The molecule has 0 aliphatic carbocycles. The van der Waals surface area contributed by atoms with Gasteiger partial charge in [0.15, 0.2) is 0 Å². The summed E-state index contributed by atoms with van der Waals surface area (Å²) in [5.74, 6) is 5.12. The van der Waals surface area contributed by atoms with Crippen LogP contribution in [0.4, 0.5) is 5.69 Å². The number of amides is 2. The van der Waals surface area contributed by atoms with E-state index in [9.17, 15) is 9.59 Å². The fourth-order valence-corrected chi connectivity index (χ4v) is 2.18. The molecule has 0 unspecified atom stereocenters. The Labute approximate surface area is 145 Å². The molecule has 0 heterocycles. The lowest BCUT2D eigenvalue weighted by atomic mass is 9.88. The van der Waals surface area contributed by atoms with Crippen LogP contribution in [0.5, 0.6) is 0 Å². The Kier molecular flexibility index (Phi) is 7.03. The first-order valence-electron chi connectivity index (χ1n) is 8.16. The third kappa shape index (κ3) is 6.87. The van der Waals surface area contributed by atoms with Crippen molar-refractivity contribution in [3.63, 3.8) is 0 Å². The van der Waals surface area contributed by atoms with Crippen LogP contribution in [0.1, 0.15) is 39.2 Å². The highest BCUT2D eigenvalue weighted by molar-refractivity contribution is 6.05. The van der Waals surface area contributed by atoms with Crippen molar-refractivity contribution in [1.82, 2.24) is 4.90 Å². The van der Waals surface area contributed by atoms with Gasteiger partial charge < -0.3 is 9.80 Å². The van der Waals surface area contributed by atoms with Gasteiger partial charge in [-0.15, -0.1) is 0 Å². The van der Waals surface area contributed by atoms with Crippen LogP contribution in [0.2, 0.25) is 0 Å². The molecule has 0 radical (unpaired) electrons. The normalized spacial score (nSPS) is 10.6. The van der Waals surface area contributed by atoms with Crippen molar-refractivity contribution in [1.29, 1.82) is 0 Å². The quantitative estimate of drug-likeness (QED) is 0.797. The Bertz CT molecular complexity index is 628. The fraction of sp³-hybridized carbons (Fsp3) is 0.500. The van der Waals surface area contributed by atoms with E-state index in [1.54, 1.807) is 21.1 Å². The second kappa shape index (κ2) is 8.54. The van der Waals surface area contributed by atoms with Crippen LogP contribution in [-0.4, -0.2) is 37.9 Å². The maximum Gasteiger partial charge on any atom is 0.302 e. The van der Waals surface area contributed by atoms with Crippen molar-refractivity contribution in [3.05, 3.63) is 29.8 Å². The predicted octanol–water partition coefficient (Wildman–Crippen LogP) is 3.11. The minimum absolute atomic E-state index is 0.0135. The van der Waals surface area contributed by atoms with Gasteiger partial charge in [0.1, 0.15) is 0 Å². The monoisotopic (exact) mass is 328 g/mol. The van der Waals surface area contributed by atoms with E-state index < -0.39 is 0 Å². The molecule has 4 nitrogen and oxygen atoms in total. The molecule has 2 amide bonds. The number of carbonyl (C=O) groups is 2. The highest BCUT2D eigenvalue weighted by atomic mass is 16.2. The number of carbonyl (C=O) groups excluding carboxylic acids is 2. The molecule has 0 atom stereocenters. The molecule has 1 aromatic rings. The molecule has 0 fully saturated rings. The average Bonchev–Trinajstić information content (AvgIpc) is 2.49. The Hall–Kier alpha value is -2.28. The molecule has 0 aromatic heterocycles. The van der Waals surface area contributed by atoms with Gasteiger partial charge in [0.2, 0.25) is 5.91 Å². The summed E-state index contributed by atoms with van der Waals surface area (Å²) in [6.07, 6.45) is 1.71. The summed E-state index contributed by atoms with van der Waals surface area (Å²) in [5, 5.41) is 0. The van der Waals surface area contributed by atoms with Gasteiger partial charge in [0, 0.05) is 39.7 Å². The molecule has 24 heavy (non-hydrogen) atoms. The average molecular weight is 328 g/mol. The molecule has 0 bridgehead atoms. The summed E-state index contributed by atoms with van der Waals surface area (Å²) in [6, 6.07) is 7.98. The Morgan fingerprint density at radius 1 is 1.04 bits per heavy atom. The molecular weight excluding hydrogens is 300 g/mol. The van der Waals surface area contributed by atoms with Crippen LogP contribution in [0, 0.1) is 17.3 Å². The highest BCUT2D eigenvalue weighted by Crippen LogP contribution is 2.22. The fourth-order valence-electron chi connectivity index (χ4n) is 2.18. The summed E-state index contributed by atoms with van der Waals surface area (Å²) < 4.78 is 0. The van der Waals surface area contributed by atoms with Crippen LogP contribution >= 0.6 is 0 Å². The first kappa shape index (κ1) is 19.8. The standard InChI is InChI=1S/C20H28N2O2/c1-20(2,3)15-16-11-13-17(14-12-16)22(6)19(24)10-8-7-9-18(23)21(4)5/h11-14H,7,9,15H2,1-6H3. The largest absolute Gasteiger partial charge is 0.349 e. The number of anilines is 1. The summed E-state index contributed by atoms with van der Waals surface area (Å²) in [5.41, 5.74) is 2.30. The molecule has 0 aliphatic rings. The van der Waals surface area contributed by atoms with Gasteiger partial charge in [-0.3, -0.25) is 9.59 Å². The van der Waals surface area contributed by atoms with Crippen LogP contribution in [0.15, 0.2) is 24.3 Å². The molecule has 130 valence electrons. The van der Waals surface area contributed by atoms with Crippen molar-refractivity contribution >= 4 is 17.5 Å². The van der Waals surface area contributed by atoms with Crippen molar-refractivity contribution < 1.29 is 9.59 Å². The molecule has 4 heteroatoms. The van der Waals surface area contributed by atoms with E-state index in [0.29, 0.717) is 12.8 Å². The highest BCUT2D eigenvalue weighted by Gasteiger charge is 2.12. The number of hydrogen-bond donors (Lipinski definition) is 0. The molecule has 0 aliphatic heterocycles. The lowest BCUT2D eigenvalue weighted by Crippen LogP contribution is -2.24. The second-order valence-electron chi connectivity index (χ2n) is 7.36. The third-order valence-corrected chi connectivity index (χ3v) is 3.52. The summed E-state index contributed by atoms with van der Waals surface area (Å²) in [6.45, 7) is 6.60. The first-order chi connectivity index (χ1) is 11.1. The summed E-state index contributed by atoms with van der Waals surface area (Å²) in [4.78, 5) is 26.6. The third-order valence-electron chi connectivity index (χ3n) is 3.52. The van der Waals surface area contributed by atoms with Crippen LogP contribution < -0.4 is 4.90 Å². The van der Waals surface area contributed by atoms with E-state index in [1.807, 2.05) is 24.3 Å². The molecule has 0 spiro atoms. The summed E-state index contributed by atoms with van der Waals surface area (Å²) >= 11 is 0. The van der Waals surface area contributed by atoms with Crippen molar-refractivity contribution in [2.24, 2.45) is 5.41 Å². The number of rotatable bonds is 4. The lowest BCUT2D eigenvalue weighted by molar-refractivity contribution is -0.128.